The van der Waals surface area contributed by atoms with Crippen LogP contribution in [-0.4, -0.2) is 32.3 Å². The van der Waals surface area contributed by atoms with Crippen LogP contribution in [0.2, 0.25) is 5.02 Å². The second-order valence-electron chi connectivity index (χ2n) is 4.90. The van der Waals surface area contributed by atoms with E-state index in [2.05, 4.69) is 36.2 Å². The Morgan fingerprint density at radius 1 is 1.42 bits per heavy atom. The van der Waals surface area contributed by atoms with E-state index in [-0.39, 0.29) is 0 Å². The number of morpholine rings is 1. The van der Waals surface area contributed by atoms with E-state index in [1.165, 1.54) is 11.3 Å². The van der Waals surface area contributed by atoms with Crippen molar-refractivity contribution in [2.45, 2.75) is 32.9 Å². The summed E-state index contributed by atoms with van der Waals surface area (Å²) < 4.78 is 5.74. The average molecular weight is 283 g/mol. The van der Waals surface area contributed by atoms with Gasteiger partial charge >= 0.3 is 0 Å². The van der Waals surface area contributed by atoms with Gasteiger partial charge in [0.25, 0.3) is 0 Å². The van der Waals surface area contributed by atoms with Gasteiger partial charge in [0.1, 0.15) is 0 Å². The molecule has 0 aromatic heterocycles. The number of ether oxygens (including phenoxy) is 1. The third-order valence-corrected chi connectivity index (χ3v) is 3.78. The first-order valence-corrected chi connectivity index (χ1v) is 7.48. The Labute approximate surface area is 120 Å². The largest absolute Gasteiger partial charge is 0.375 e. The molecule has 1 aliphatic rings. The maximum atomic E-state index is 6.12. The minimum atomic E-state index is 0.344. The van der Waals surface area contributed by atoms with Gasteiger partial charge in [-0.05, 0) is 36.7 Å². The SMILES string of the molecule is CCNCc1cc(Cl)ccc1N1CCOC(CC)C1. The quantitative estimate of drug-likeness (QED) is 0.898. The van der Waals surface area contributed by atoms with Crippen LogP contribution in [0.25, 0.3) is 0 Å². The first-order chi connectivity index (χ1) is 9.24. The molecule has 2 rings (SSSR count). The minimum Gasteiger partial charge on any atom is -0.375 e. The molecule has 1 N–H and O–H groups in total. The fourth-order valence-electron chi connectivity index (χ4n) is 2.45. The Morgan fingerprint density at radius 2 is 2.26 bits per heavy atom. The molecule has 0 amide bonds. The lowest BCUT2D eigenvalue weighted by molar-refractivity contribution is 0.0384. The Balaban J connectivity index is 2.17. The Morgan fingerprint density at radius 3 is 3.00 bits per heavy atom. The van der Waals surface area contributed by atoms with Gasteiger partial charge in [-0.1, -0.05) is 25.4 Å². The zero-order valence-corrected chi connectivity index (χ0v) is 12.5. The minimum absolute atomic E-state index is 0.344. The smallest absolute Gasteiger partial charge is 0.0748 e. The molecule has 1 aliphatic heterocycles. The fraction of sp³-hybridized carbons (Fsp3) is 0.600. The molecule has 19 heavy (non-hydrogen) atoms. The van der Waals surface area contributed by atoms with Crippen LogP contribution in [0.15, 0.2) is 18.2 Å². The summed E-state index contributed by atoms with van der Waals surface area (Å²) in [4.78, 5) is 2.42. The van der Waals surface area contributed by atoms with E-state index in [4.69, 9.17) is 16.3 Å². The summed E-state index contributed by atoms with van der Waals surface area (Å²) in [5.41, 5.74) is 2.55. The lowest BCUT2D eigenvalue weighted by atomic mass is 10.1. The van der Waals surface area contributed by atoms with E-state index in [0.717, 1.165) is 44.2 Å². The molecule has 0 aliphatic carbocycles. The Bertz CT molecular complexity index is 411. The van der Waals surface area contributed by atoms with Crippen LogP contribution in [0, 0.1) is 0 Å². The number of rotatable bonds is 5. The van der Waals surface area contributed by atoms with Crippen molar-refractivity contribution >= 4 is 17.3 Å². The lowest BCUT2D eigenvalue weighted by Crippen LogP contribution is -2.42. The third kappa shape index (κ3) is 3.85. The second-order valence-corrected chi connectivity index (χ2v) is 5.34. The van der Waals surface area contributed by atoms with Gasteiger partial charge in [-0.15, -0.1) is 0 Å². The maximum Gasteiger partial charge on any atom is 0.0748 e. The molecule has 0 radical (unpaired) electrons. The first kappa shape index (κ1) is 14.6. The molecule has 106 valence electrons. The van der Waals surface area contributed by atoms with Gasteiger partial charge in [0.15, 0.2) is 0 Å². The molecule has 3 nitrogen and oxygen atoms in total. The maximum absolute atomic E-state index is 6.12. The molecular weight excluding hydrogens is 260 g/mol. The molecule has 1 atom stereocenters. The van der Waals surface area contributed by atoms with Crippen LogP contribution in [0.4, 0.5) is 5.69 Å². The summed E-state index contributed by atoms with van der Waals surface area (Å²) in [5, 5.41) is 4.18. The van der Waals surface area contributed by atoms with E-state index in [1.807, 2.05) is 6.07 Å². The summed E-state index contributed by atoms with van der Waals surface area (Å²) in [5.74, 6) is 0. The van der Waals surface area contributed by atoms with Crippen molar-refractivity contribution in [3.63, 3.8) is 0 Å². The topological polar surface area (TPSA) is 24.5 Å². The zero-order valence-electron chi connectivity index (χ0n) is 11.8. The Hall–Kier alpha value is -0.770. The molecular formula is C15H23ClN2O. The molecule has 1 fully saturated rings. The molecule has 0 saturated carbocycles. The highest BCUT2D eigenvalue weighted by Crippen LogP contribution is 2.26. The number of hydrogen-bond acceptors (Lipinski definition) is 3. The standard InChI is InChI=1S/C15H23ClN2O/c1-3-14-11-18(7-8-19-14)15-6-5-13(16)9-12(15)10-17-4-2/h5-6,9,14,17H,3-4,7-8,10-11H2,1-2H3. The highest BCUT2D eigenvalue weighted by atomic mass is 35.5. The molecule has 0 spiro atoms. The number of halogens is 1. The average Bonchev–Trinajstić information content (AvgIpc) is 2.45. The van der Waals surface area contributed by atoms with Crippen LogP contribution in [0.3, 0.4) is 0 Å². The molecule has 1 heterocycles. The van der Waals surface area contributed by atoms with Crippen LogP contribution in [0.5, 0.6) is 0 Å². The molecule has 1 unspecified atom stereocenters. The van der Waals surface area contributed by atoms with Gasteiger partial charge in [-0.3, -0.25) is 0 Å². The van der Waals surface area contributed by atoms with E-state index >= 15 is 0 Å². The van der Waals surface area contributed by atoms with Gasteiger partial charge < -0.3 is 15.0 Å². The van der Waals surface area contributed by atoms with Crippen LogP contribution in [-0.2, 0) is 11.3 Å². The zero-order chi connectivity index (χ0) is 13.7. The summed E-state index contributed by atoms with van der Waals surface area (Å²) in [6.07, 6.45) is 1.41. The predicted molar refractivity (Wildman–Crippen MR) is 81.1 cm³/mol. The van der Waals surface area contributed by atoms with E-state index < -0.39 is 0 Å². The molecule has 4 heteroatoms. The van der Waals surface area contributed by atoms with Gasteiger partial charge in [0.05, 0.1) is 12.7 Å². The molecule has 1 aromatic carbocycles. The Kier molecular flexibility index (Phi) is 5.49. The summed E-state index contributed by atoms with van der Waals surface area (Å²) >= 11 is 6.12. The van der Waals surface area contributed by atoms with E-state index in [0.29, 0.717) is 6.10 Å². The highest BCUT2D eigenvalue weighted by Gasteiger charge is 2.21. The summed E-state index contributed by atoms with van der Waals surface area (Å²) in [7, 11) is 0. The van der Waals surface area contributed by atoms with Crippen LogP contribution in [0.1, 0.15) is 25.8 Å². The number of nitrogens with one attached hydrogen (secondary N) is 1. The first-order valence-electron chi connectivity index (χ1n) is 7.10. The summed E-state index contributed by atoms with van der Waals surface area (Å²) in [6.45, 7) is 8.85. The van der Waals surface area contributed by atoms with Crippen molar-refractivity contribution in [3.05, 3.63) is 28.8 Å². The van der Waals surface area contributed by atoms with Gasteiger partial charge in [0.2, 0.25) is 0 Å². The van der Waals surface area contributed by atoms with Crippen molar-refractivity contribution in [2.75, 3.05) is 31.1 Å². The lowest BCUT2D eigenvalue weighted by Gasteiger charge is -2.35. The molecule has 1 saturated heterocycles. The third-order valence-electron chi connectivity index (χ3n) is 3.54. The van der Waals surface area contributed by atoms with E-state index in [1.54, 1.807) is 0 Å². The van der Waals surface area contributed by atoms with Crippen molar-refractivity contribution < 1.29 is 4.74 Å². The van der Waals surface area contributed by atoms with Crippen molar-refractivity contribution in [2.24, 2.45) is 0 Å². The van der Waals surface area contributed by atoms with Crippen molar-refractivity contribution in [1.29, 1.82) is 0 Å². The normalized spacial score (nSPS) is 19.7. The van der Waals surface area contributed by atoms with Crippen molar-refractivity contribution in [3.8, 4) is 0 Å². The van der Waals surface area contributed by atoms with Gasteiger partial charge in [-0.25, -0.2) is 0 Å². The number of benzene rings is 1. The van der Waals surface area contributed by atoms with Gasteiger partial charge in [0, 0.05) is 30.3 Å². The predicted octanol–water partition coefficient (Wildman–Crippen LogP) is 3.06. The number of anilines is 1. The van der Waals surface area contributed by atoms with Crippen LogP contribution >= 0.6 is 11.6 Å². The van der Waals surface area contributed by atoms with E-state index in [9.17, 15) is 0 Å². The fourth-order valence-corrected chi connectivity index (χ4v) is 2.64. The van der Waals surface area contributed by atoms with Gasteiger partial charge in [-0.2, -0.15) is 0 Å². The van der Waals surface area contributed by atoms with Crippen LogP contribution < -0.4 is 10.2 Å². The monoisotopic (exact) mass is 282 g/mol. The molecule has 1 aromatic rings. The molecule has 0 bridgehead atoms. The summed E-state index contributed by atoms with van der Waals surface area (Å²) in [6, 6.07) is 6.17. The number of hydrogen-bond donors (Lipinski definition) is 1. The highest BCUT2D eigenvalue weighted by molar-refractivity contribution is 6.30. The second kappa shape index (κ2) is 7.13. The van der Waals surface area contributed by atoms with Crippen molar-refractivity contribution in [1.82, 2.24) is 5.32 Å². The number of nitrogens with zero attached hydrogens (tertiary/aromatic N) is 1.